The predicted octanol–water partition coefficient (Wildman–Crippen LogP) is 2.16. The lowest BCUT2D eigenvalue weighted by Crippen LogP contribution is -2.29. The molecule has 0 atom stereocenters. The summed E-state index contributed by atoms with van der Waals surface area (Å²) in [5, 5.41) is 16.0. The van der Waals surface area contributed by atoms with Gasteiger partial charge < -0.3 is 10.4 Å². The molecule has 7 nitrogen and oxygen atoms in total. The zero-order valence-corrected chi connectivity index (χ0v) is 13.3. The van der Waals surface area contributed by atoms with E-state index in [1.54, 1.807) is 11.0 Å². The topological polar surface area (TPSA) is 97.1 Å². The van der Waals surface area contributed by atoms with Crippen molar-refractivity contribution >= 4 is 17.6 Å². The molecular weight excluding hydrogens is 308 g/mol. The SMILES string of the molecule is O=C(O)C1CCC(C(=O)Nc2ccc(Cn3cncn3)cc2)CC1. The molecule has 1 saturated carbocycles. The Labute approximate surface area is 139 Å². The van der Waals surface area contributed by atoms with Crippen LogP contribution >= 0.6 is 0 Å². The van der Waals surface area contributed by atoms with Crippen molar-refractivity contribution in [1.29, 1.82) is 0 Å². The number of amides is 1. The molecule has 2 aromatic rings. The second-order valence-electron chi connectivity index (χ2n) is 6.17. The minimum atomic E-state index is -0.753. The number of nitrogens with one attached hydrogen (secondary N) is 1. The number of hydrogen-bond donors (Lipinski definition) is 2. The Hall–Kier alpha value is -2.70. The number of anilines is 1. The summed E-state index contributed by atoms with van der Waals surface area (Å²) in [6.45, 7) is 0.632. The smallest absolute Gasteiger partial charge is 0.306 e. The lowest BCUT2D eigenvalue weighted by atomic mass is 9.81. The van der Waals surface area contributed by atoms with Crippen LogP contribution in [-0.2, 0) is 16.1 Å². The van der Waals surface area contributed by atoms with Crippen LogP contribution in [0.3, 0.4) is 0 Å². The fourth-order valence-electron chi connectivity index (χ4n) is 3.04. The van der Waals surface area contributed by atoms with Crippen molar-refractivity contribution in [3.05, 3.63) is 42.5 Å². The second-order valence-corrected chi connectivity index (χ2v) is 6.17. The molecule has 1 aromatic carbocycles. The number of hydrogen-bond acceptors (Lipinski definition) is 4. The van der Waals surface area contributed by atoms with Gasteiger partial charge in [0.25, 0.3) is 0 Å². The van der Waals surface area contributed by atoms with Crippen LogP contribution in [0.5, 0.6) is 0 Å². The fourth-order valence-corrected chi connectivity index (χ4v) is 3.04. The first-order chi connectivity index (χ1) is 11.6. The first-order valence-electron chi connectivity index (χ1n) is 8.07. The van der Waals surface area contributed by atoms with E-state index < -0.39 is 5.97 Å². The van der Waals surface area contributed by atoms with E-state index in [-0.39, 0.29) is 17.7 Å². The standard InChI is InChI=1S/C17H20N4O3/c22-16(13-3-5-14(6-4-13)17(23)24)20-15-7-1-12(2-8-15)9-21-11-18-10-19-21/h1-2,7-8,10-11,13-14H,3-6,9H2,(H,20,22)(H,23,24). The number of carboxylic acids is 1. The minimum absolute atomic E-state index is 0.0251. The van der Waals surface area contributed by atoms with Crippen LogP contribution < -0.4 is 5.32 Å². The van der Waals surface area contributed by atoms with E-state index in [2.05, 4.69) is 15.4 Å². The van der Waals surface area contributed by atoms with Gasteiger partial charge in [0.1, 0.15) is 12.7 Å². The van der Waals surface area contributed by atoms with E-state index in [4.69, 9.17) is 5.11 Å². The Morgan fingerprint density at radius 3 is 2.38 bits per heavy atom. The Balaban J connectivity index is 1.52. The molecule has 24 heavy (non-hydrogen) atoms. The van der Waals surface area contributed by atoms with Gasteiger partial charge in [0.05, 0.1) is 12.5 Å². The molecule has 1 heterocycles. The highest BCUT2D eigenvalue weighted by Crippen LogP contribution is 2.29. The largest absolute Gasteiger partial charge is 0.481 e. The summed E-state index contributed by atoms with van der Waals surface area (Å²) >= 11 is 0. The molecule has 0 bridgehead atoms. The quantitative estimate of drug-likeness (QED) is 0.876. The number of rotatable bonds is 5. The average Bonchev–Trinajstić information content (AvgIpc) is 3.09. The maximum absolute atomic E-state index is 12.3. The van der Waals surface area contributed by atoms with Gasteiger partial charge >= 0.3 is 5.97 Å². The van der Waals surface area contributed by atoms with Crippen molar-refractivity contribution < 1.29 is 14.7 Å². The molecule has 0 saturated heterocycles. The number of benzene rings is 1. The first kappa shape index (κ1) is 16.2. The van der Waals surface area contributed by atoms with Gasteiger partial charge in [0.2, 0.25) is 5.91 Å². The molecule has 0 spiro atoms. The van der Waals surface area contributed by atoms with Crippen molar-refractivity contribution in [2.45, 2.75) is 32.2 Å². The molecule has 126 valence electrons. The van der Waals surface area contributed by atoms with E-state index in [0.29, 0.717) is 32.2 Å². The zero-order chi connectivity index (χ0) is 16.9. The number of aromatic nitrogens is 3. The van der Waals surface area contributed by atoms with Crippen LogP contribution in [0.25, 0.3) is 0 Å². The van der Waals surface area contributed by atoms with E-state index in [9.17, 15) is 9.59 Å². The highest BCUT2D eigenvalue weighted by Gasteiger charge is 2.29. The molecule has 1 fully saturated rings. The van der Waals surface area contributed by atoms with Gasteiger partial charge in [0, 0.05) is 11.6 Å². The average molecular weight is 328 g/mol. The van der Waals surface area contributed by atoms with Gasteiger partial charge in [0.15, 0.2) is 0 Å². The Bertz CT molecular complexity index is 689. The maximum Gasteiger partial charge on any atom is 0.306 e. The van der Waals surface area contributed by atoms with Crippen LogP contribution in [0.1, 0.15) is 31.2 Å². The predicted molar refractivity (Wildman–Crippen MR) is 87.3 cm³/mol. The number of carbonyl (C=O) groups is 2. The van der Waals surface area contributed by atoms with E-state index in [1.165, 1.54) is 6.33 Å². The minimum Gasteiger partial charge on any atom is -0.481 e. The number of nitrogens with zero attached hydrogens (tertiary/aromatic N) is 3. The van der Waals surface area contributed by atoms with Crippen LogP contribution in [0.4, 0.5) is 5.69 Å². The van der Waals surface area contributed by atoms with Crippen LogP contribution in [0.2, 0.25) is 0 Å². The Kier molecular flexibility index (Phi) is 4.88. The van der Waals surface area contributed by atoms with Crippen molar-refractivity contribution in [2.24, 2.45) is 11.8 Å². The Morgan fingerprint density at radius 1 is 1.12 bits per heavy atom. The van der Waals surface area contributed by atoms with Crippen molar-refractivity contribution in [3.8, 4) is 0 Å². The van der Waals surface area contributed by atoms with Crippen molar-refractivity contribution in [3.63, 3.8) is 0 Å². The zero-order valence-electron chi connectivity index (χ0n) is 13.3. The van der Waals surface area contributed by atoms with E-state index in [1.807, 2.05) is 24.3 Å². The third-order valence-corrected chi connectivity index (χ3v) is 4.48. The lowest BCUT2D eigenvalue weighted by molar-refractivity contribution is -0.143. The van der Waals surface area contributed by atoms with Gasteiger partial charge in [-0.05, 0) is 43.4 Å². The molecule has 7 heteroatoms. The molecular formula is C17H20N4O3. The molecule has 3 rings (SSSR count). The molecule has 2 N–H and O–H groups in total. The first-order valence-corrected chi connectivity index (χ1v) is 8.07. The van der Waals surface area contributed by atoms with Gasteiger partial charge in [-0.15, -0.1) is 0 Å². The van der Waals surface area contributed by atoms with Crippen LogP contribution in [0.15, 0.2) is 36.9 Å². The molecule has 1 aromatic heterocycles. The molecule has 1 amide bonds. The van der Waals surface area contributed by atoms with Crippen molar-refractivity contribution in [1.82, 2.24) is 14.8 Å². The number of aliphatic carboxylic acids is 1. The second kappa shape index (κ2) is 7.25. The normalized spacial score (nSPS) is 20.5. The molecule has 1 aliphatic carbocycles. The third kappa shape index (κ3) is 3.98. The monoisotopic (exact) mass is 328 g/mol. The van der Waals surface area contributed by atoms with Crippen LogP contribution in [-0.4, -0.2) is 31.7 Å². The molecule has 0 unspecified atom stereocenters. The Morgan fingerprint density at radius 2 is 1.79 bits per heavy atom. The lowest BCUT2D eigenvalue weighted by Gasteiger charge is -2.25. The summed E-state index contributed by atoms with van der Waals surface area (Å²) in [6, 6.07) is 7.62. The maximum atomic E-state index is 12.3. The summed E-state index contributed by atoms with van der Waals surface area (Å²) in [4.78, 5) is 27.2. The number of carboxylic acid groups (broad SMARTS) is 1. The summed E-state index contributed by atoms with van der Waals surface area (Å²) in [5.41, 5.74) is 1.82. The molecule has 0 radical (unpaired) electrons. The highest BCUT2D eigenvalue weighted by molar-refractivity contribution is 5.92. The van der Waals surface area contributed by atoms with Gasteiger partial charge in [-0.1, -0.05) is 12.1 Å². The summed E-state index contributed by atoms with van der Waals surface area (Å²) in [6.07, 6.45) is 5.56. The summed E-state index contributed by atoms with van der Waals surface area (Å²) in [7, 11) is 0. The molecule has 1 aliphatic rings. The van der Waals surface area contributed by atoms with E-state index >= 15 is 0 Å². The summed E-state index contributed by atoms with van der Waals surface area (Å²) < 4.78 is 1.73. The number of carbonyl (C=O) groups excluding carboxylic acids is 1. The molecule has 0 aliphatic heterocycles. The third-order valence-electron chi connectivity index (χ3n) is 4.48. The van der Waals surface area contributed by atoms with Gasteiger partial charge in [-0.2, -0.15) is 5.10 Å². The highest BCUT2D eigenvalue weighted by atomic mass is 16.4. The van der Waals surface area contributed by atoms with Crippen molar-refractivity contribution in [2.75, 3.05) is 5.32 Å². The van der Waals surface area contributed by atoms with Gasteiger partial charge in [-0.25, -0.2) is 9.67 Å². The van der Waals surface area contributed by atoms with Crippen LogP contribution in [0, 0.1) is 11.8 Å². The summed E-state index contributed by atoms with van der Waals surface area (Å²) in [5.74, 6) is -1.18. The van der Waals surface area contributed by atoms with E-state index in [0.717, 1.165) is 11.3 Å². The van der Waals surface area contributed by atoms with Gasteiger partial charge in [-0.3, -0.25) is 9.59 Å². The fraction of sp³-hybridized carbons (Fsp3) is 0.412.